The fourth-order valence-electron chi connectivity index (χ4n) is 4.85. The van der Waals surface area contributed by atoms with Crippen LogP contribution in [0.3, 0.4) is 0 Å². The number of carbonyl (C=O) groups is 1. The molecule has 2 aromatic heterocycles. The summed E-state index contributed by atoms with van der Waals surface area (Å²) in [6.07, 6.45) is 2.60. The van der Waals surface area contributed by atoms with Gasteiger partial charge in [0.25, 0.3) is 5.91 Å². The number of nitrogens with one attached hydrogen (secondary N) is 1. The van der Waals surface area contributed by atoms with E-state index in [9.17, 15) is 9.18 Å². The summed E-state index contributed by atoms with van der Waals surface area (Å²) in [5, 5.41) is 3.76. The monoisotopic (exact) mass is 438 g/mol. The van der Waals surface area contributed by atoms with Crippen LogP contribution in [0.15, 0.2) is 30.3 Å². The van der Waals surface area contributed by atoms with Crippen molar-refractivity contribution < 1.29 is 9.18 Å². The number of thiophene rings is 1. The summed E-state index contributed by atoms with van der Waals surface area (Å²) in [6, 6.07) is 9.29. The lowest BCUT2D eigenvalue weighted by atomic mass is 9.71. The Balaban J connectivity index is 1.25. The highest BCUT2D eigenvalue weighted by Gasteiger charge is 2.37. The molecule has 1 aliphatic carbocycles. The normalized spacial score (nSPS) is 21.1. The van der Waals surface area contributed by atoms with E-state index in [0.717, 1.165) is 46.4 Å². The molecule has 0 radical (unpaired) electrons. The van der Waals surface area contributed by atoms with E-state index in [2.05, 4.69) is 15.2 Å². The second kappa shape index (κ2) is 7.79. The molecule has 2 aliphatic heterocycles. The van der Waals surface area contributed by atoms with Crippen molar-refractivity contribution in [2.24, 2.45) is 11.8 Å². The third kappa shape index (κ3) is 3.76. The van der Waals surface area contributed by atoms with Crippen LogP contribution in [0, 0.1) is 24.6 Å². The lowest BCUT2D eigenvalue weighted by molar-refractivity contribution is 0.0956. The summed E-state index contributed by atoms with van der Waals surface area (Å²) in [5.41, 5.74) is 9.12. The zero-order valence-corrected chi connectivity index (χ0v) is 18.6. The Morgan fingerprint density at radius 3 is 2.74 bits per heavy atom. The number of anilines is 2. The van der Waals surface area contributed by atoms with E-state index >= 15 is 0 Å². The number of aromatic nitrogens is 1. The number of hydrogen-bond donors (Lipinski definition) is 2. The molecule has 2 bridgehead atoms. The van der Waals surface area contributed by atoms with Gasteiger partial charge in [0.15, 0.2) is 0 Å². The minimum Gasteiger partial charge on any atom is -0.397 e. The Morgan fingerprint density at radius 1 is 1.29 bits per heavy atom. The number of halogens is 1. The Morgan fingerprint density at radius 2 is 2.03 bits per heavy atom. The molecule has 1 saturated carbocycles. The van der Waals surface area contributed by atoms with E-state index in [1.54, 1.807) is 6.07 Å². The van der Waals surface area contributed by atoms with Crippen molar-refractivity contribution in [3.63, 3.8) is 0 Å². The number of carbonyl (C=O) groups excluding carboxylic acids is 1. The standard InChI is InChI=1S/C24H27FN4OS/c1-13(10-27-23(30)22-21(26)18-5-3-14(2)28-24(18)31-22)17-4-6-20(19(25)9-17)29-11-15-7-16(8-15)12-29/h3-6,9,13,15-16H,7-8,10-12,26H2,1-2H3,(H,27,30)/t13-,15?,16?/m0/s1. The number of piperidine rings is 2. The summed E-state index contributed by atoms with van der Waals surface area (Å²) < 4.78 is 14.9. The third-order valence-corrected chi connectivity index (χ3v) is 7.79. The first-order chi connectivity index (χ1) is 14.9. The highest BCUT2D eigenvalue weighted by molar-refractivity contribution is 7.21. The van der Waals surface area contributed by atoms with Gasteiger partial charge < -0.3 is 16.0 Å². The van der Waals surface area contributed by atoms with Crippen molar-refractivity contribution in [3.8, 4) is 0 Å². The van der Waals surface area contributed by atoms with E-state index in [0.29, 0.717) is 22.8 Å². The first-order valence-corrected chi connectivity index (χ1v) is 11.7. The molecule has 1 atom stereocenters. The topological polar surface area (TPSA) is 71.2 Å². The van der Waals surface area contributed by atoms with Gasteiger partial charge >= 0.3 is 0 Å². The van der Waals surface area contributed by atoms with Gasteiger partial charge in [0.05, 0.1) is 11.4 Å². The summed E-state index contributed by atoms with van der Waals surface area (Å²) in [5.74, 6) is 1.06. The summed E-state index contributed by atoms with van der Waals surface area (Å²) in [6.45, 7) is 6.23. The van der Waals surface area contributed by atoms with Gasteiger partial charge in [-0.25, -0.2) is 9.37 Å². The van der Waals surface area contributed by atoms with Crippen LogP contribution >= 0.6 is 11.3 Å². The molecule has 3 fully saturated rings. The molecule has 0 unspecified atom stereocenters. The molecule has 4 heterocycles. The SMILES string of the molecule is Cc1ccc2c(N)c(C(=O)NC[C@H](C)c3ccc(N4CC5CC(C5)C4)c(F)c3)sc2n1. The number of nitrogens with two attached hydrogens (primary N) is 1. The predicted molar refractivity (Wildman–Crippen MR) is 124 cm³/mol. The molecule has 5 nitrogen and oxygen atoms in total. The van der Waals surface area contributed by atoms with Crippen LogP contribution in [0.1, 0.15) is 46.6 Å². The van der Waals surface area contributed by atoms with Gasteiger partial charge in [0.2, 0.25) is 0 Å². The number of nitrogen functional groups attached to an aromatic ring is 1. The quantitative estimate of drug-likeness (QED) is 0.605. The maximum atomic E-state index is 14.9. The van der Waals surface area contributed by atoms with Crippen LogP contribution in [0.4, 0.5) is 15.8 Å². The Hall–Kier alpha value is -2.67. The highest BCUT2D eigenvalue weighted by Crippen LogP contribution is 2.41. The maximum absolute atomic E-state index is 14.9. The van der Waals surface area contributed by atoms with Gasteiger partial charge in [-0.05, 0) is 67.3 Å². The van der Waals surface area contributed by atoms with E-state index in [-0.39, 0.29) is 17.6 Å². The van der Waals surface area contributed by atoms with E-state index < -0.39 is 0 Å². The maximum Gasteiger partial charge on any atom is 0.263 e. The smallest absolute Gasteiger partial charge is 0.263 e. The summed E-state index contributed by atoms with van der Waals surface area (Å²) in [7, 11) is 0. The van der Waals surface area contributed by atoms with Crippen LogP contribution in [0.2, 0.25) is 0 Å². The Kier molecular flexibility index (Phi) is 5.08. The van der Waals surface area contributed by atoms with Crippen molar-refractivity contribution in [2.45, 2.75) is 32.6 Å². The number of rotatable bonds is 5. The van der Waals surface area contributed by atoms with Gasteiger partial charge in [-0.2, -0.15) is 0 Å². The number of nitrogens with zero attached hydrogens (tertiary/aromatic N) is 2. The van der Waals surface area contributed by atoms with Gasteiger partial charge in [-0.3, -0.25) is 4.79 Å². The van der Waals surface area contributed by atoms with E-state index in [4.69, 9.17) is 5.73 Å². The molecule has 162 valence electrons. The van der Waals surface area contributed by atoms with Gasteiger partial charge in [-0.1, -0.05) is 13.0 Å². The number of benzene rings is 1. The zero-order valence-electron chi connectivity index (χ0n) is 17.8. The molecule has 3 aliphatic rings. The van der Waals surface area contributed by atoms with Gasteiger partial charge in [0.1, 0.15) is 15.5 Å². The molecule has 6 rings (SSSR count). The van der Waals surface area contributed by atoms with Crippen molar-refractivity contribution in [2.75, 3.05) is 30.3 Å². The molecule has 3 N–H and O–H groups in total. The lowest BCUT2D eigenvalue weighted by Gasteiger charge is -2.48. The van der Waals surface area contributed by atoms with Gasteiger partial charge in [-0.15, -0.1) is 11.3 Å². The zero-order chi connectivity index (χ0) is 21.7. The highest BCUT2D eigenvalue weighted by atomic mass is 32.1. The Labute approximate surface area is 185 Å². The minimum atomic E-state index is -0.213. The molecule has 3 aromatic rings. The second-order valence-corrected chi connectivity index (χ2v) is 10.1. The average Bonchev–Trinajstić information content (AvgIpc) is 3.06. The number of hydrogen-bond acceptors (Lipinski definition) is 5. The van der Waals surface area contributed by atoms with Crippen LogP contribution in [0.25, 0.3) is 10.2 Å². The number of pyridine rings is 1. The lowest BCUT2D eigenvalue weighted by Crippen LogP contribution is -2.48. The Bertz CT molecular complexity index is 1140. The van der Waals surface area contributed by atoms with Crippen LogP contribution < -0.4 is 16.0 Å². The van der Waals surface area contributed by atoms with Gasteiger partial charge in [0, 0.05) is 30.7 Å². The summed E-state index contributed by atoms with van der Waals surface area (Å²) in [4.78, 5) is 20.6. The molecular weight excluding hydrogens is 411 g/mol. The van der Waals surface area contributed by atoms with Crippen molar-refractivity contribution in [3.05, 3.63) is 52.3 Å². The first-order valence-electron chi connectivity index (χ1n) is 10.9. The minimum absolute atomic E-state index is 0.0155. The fourth-order valence-corrected chi connectivity index (χ4v) is 5.91. The molecular formula is C24H27FN4OS. The molecule has 1 amide bonds. The molecule has 2 saturated heterocycles. The van der Waals surface area contributed by atoms with E-state index in [1.165, 1.54) is 24.2 Å². The number of aryl methyl sites for hydroxylation is 1. The fraction of sp³-hybridized carbons (Fsp3) is 0.417. The van der Waals surface area contributed by atoms with Crippen LogP contribution in [-0.4, -0.2) is 30.5 Å². The number of amides is 1. The van der Waals surface area contributed by atoms with Crippen molar-refractivity contribution >= 4 is 38.8 Å². The van der Waals surface area contributed by atoms with Crippen molar-refractivity contribution in [1.82, 2.24) is 10.3 Å². The summed E-state index contributed by atoms with van der Waals surface area (Å²) >= 11 is 1.30. The van der Waals surface area contributed by atoms with E-state index in [1.807, 2.05) is 38.1 Å². The second-order valence-electron chi connectivity index (χ2n) is 9.08. The first kappa shape index (κ1) is 20.2. The largest absolute Gasteiger partial charge is 0.397 e. The number of fused-ring (bicyclic) bond motifs is 3. The van der Waals surface area contributed by atoms with Crippen LogP contribution in [0.5, 0.6) is 0 Å². The molecule has 0 spiro atoms. The van der Waals surface area contributed by atoms with Crippen molar-refractivity contribution in [1.29, 1.82) is 0 Å². The molecule has 7 heteroatoms. The molecule has 31 heavy (non-hydrogen) atoms. The molecule has 1 aromatic carbocycles. The average molecular weight is 439 g/mol. The predicted octanol–water partition coefficient (Wildman–Crippen LogP) is 4.71. The van der Waals surface area contributed by atoms with Crippen LogP contribution in [-0.2, 0) is 0 Å². The third-order valence-electron chi connectivity index (χ3n) is 6.68.